The number of esters is 1. The van der Waals surface area contributed by atoms with Gasteiger partial charge < -0.3 is 4.74 Å². The molecule has 0 aliphatic carbocycles. The fraction of sp³-hybridized carbons (Fsp3) is 0.500. The summed E-state index contributed by atoms with van der Waals surface area (Å²) in [6.45, 7) is 5.60. The van der Waals surface area contributed by atoms with Crippen molar-refractivity contribution in [1.29, 1.82) is 0 Å². The first-order valence-electron chi connectivity index (χ1n) is 8.40. The van der Waals surface area contributed by atoms with Crippen LogP contribution in [0.1, 0.15) is 32.4 Å². The van der Waals surface area contributed by atoms with Gasteiger partial charge in [0.15, 0.2) is 0 Å². The van der Waals surface area contributed by atoms with E-state index < -0.39 is 29.4 Å². The normalized spacial score (nSPS) is 31.4. The summed E-state index contributed by atoms with van der Waals surface area (Å²) in [5.74, 6) is -2.50. The summed E-state index contributed by atoms with van der Waals surface area (Å²) >= 11 is 5.95. The molecule has 0 radical (unpaired) electrons. The zero-order valence-electron chi connectivity index (χ0n) is 14.4. The minimum absolute atomic E-state index is 0.207. The minimum atomic E-state index is -1.25. The largest absolute Gasteiger partial charge is 0.465 e. The Balaban J connectivity index is 2.07. The molecule has 4 atom stereocenters. The zero-order valence-corrected chi connectivity index (χ0v) is 15.2. The molecule has 2 saturated heterocycles. The van der Waals surface area contributed by atoms with Crippen molar-refractivity contribution in [2.24, 2.45) is 11.8 Å². The predicted molar refractivity (Wildman–Crippen MR) is 91.7 cm³/mol. The zero-order chi connectivity index (χ0) is 18.4. The van der Waals surface area contributed by atoms with E-state index in [1.54, 1.807) is 45.0 Å². The first-order chi connectivity index (χ1) is 11.8. The average Bonchev–Trinajstić information content (AvgIpc) is 3.03. The molecule has 2 aliphatic rings. The molecule has 2 heterocycles. The highest BCUT2D eigenvalue weighted by molar-refractivity contribution is 6.30. The Morgan fingerprint density at radius 3 is 2.44 bits per heavy atom. The van der Waals surface area contributed by atoms with Crippen LogP contribution in [0.2, 0.25) is 5.02 Å². The second-order valence-corrected chi connectivity index (χ2v) is 6.96. The number of carbonyl (C=O) groups is 3. The molecular formula is C18H21ClN2O4. The Hall–Kier alpha value is -1.92. The molecule has 6 nitrogen and oxygen atoms in total. The smallest absolute Gasteiger partial charge is 0.326 e. The van der Waals surface area contributed by atoms with Crippen molar-refractivity contribution < 1.29 is 19.1 Å². The van der Waals surface area contributed by atoms with Gasteiger partial charge in [-0.3, -0.25) is 24.6 Å². The number of benzene rings is 1. The molecule has 134 valence electrons. The number of amides is 2. The molecule has 1 N–H and O–H groups in total. The highest BCUT2D eigenvalue weighted by Crippen LogP contribution is 2.49. The minimum Gasteiger partial charge on any atom is -0.465 e. The van der Waals surface area contributed by atoms with Gasteiger partial charge in [-0.25, -0.2) is 0 Å². The average molecular weight is 365 g/mol. The molecular weight excluding hydrogens is 344 g/mol. The summed E-state index contributed by atoms with van der Waals surface area (Å²) in [5.41, 5.74) is -0.437. The lowest BCUT2D eigenvalue weighted by Crippen LogP contribution is -2.54. The van der Waals surface area contributed by atoms with Crippen LogP contribution in [0.3, 0.4) is 0 Å². The Kier molecular flexibility index (Phi) is 4.60. The van der Waals surface area contributed by atoms with Crippen LogP contribution in [0, 0.1) is 11.8 Å². The molecule has 0 spiro atoms. The van der Waals surface area contributed by atoms with E-state index in [-0.39, 0.29) is 25.0 Å². The highest BCUT2D eigenvalue weighted by atomic mass is 35.5. The number of hydrogen-bond donors (Lipinski definition) is 1. The summed E-state index contributed by atoms with van der Waals surface area (Å²) in [6, 6.07) is 6.61. The molecule has 3 rings (SSSR count). The third kappa shape index (κ3) is 2.64. The Labute approximate surface area is 151 Å². The van der Waals surface area contributed by atoms with Gasteiger partial charge in [0.25, 0.3) is 0 Å². The lowest BCUT2D eigenvalue weighted by Gasteiger charge is -2.28. The predicted octanol–water partition coefficient (Wildman–Crippen LogP) is 1.93. The van der Waals surface area contributed by atoms with E-state index in [4.69, 9.17) is 16.3 Å². The van der Waals surface area contributed by atoms with Gasteiger partial charge in [-0.15, -0.1) is 0 Å². The van der Waals surface area contributed by atoms with Crippen LogP contribution >= 0.6 is 11.6 Å². The molecule has 1 aromatic carbocycles. The second kappa shape index (κ2) is 6.42. The van der Waals surface area contributed by atoms with Crippen molar-refractivity contribution in [3.8, 4) is 0 Å². The maximum atomic E-state index is 12.8. The number of nitrogens with zero attached hydrogens (tertiary/aromatic N) is 1. The van der Waals surface area contributed by atoms with E-state index >= 15 is 0 Å². The number of fused-ring (bicyclic) bond motifs is 1. The number of hydrogen-bond acceptors (Lipinski definition) is 5. The van der Waals surface area contributed by atoms with Gasteiger partial charge in [-0.1, -0.05) is 23.7 Å². The van der Waals surface area contributed by atoms with Crippen molar-refractivity contribution in [1.82, 2.24) is 10.2 Å². The van der Waals surface area contributed by atoms with E-state index in [2.05, 4.69) is 5.32 Å². The monoisotopic (exact) mass is 364 g/mol. The molecule has 25 heavy (non-hydrogen) atoms. The van der Waals surface area contributed by atoms with E-state index in [1.165, 1.54) is 4.90 Å². The Bertz CT molecular complexity index is 720. The lowest BCUT2D eigenvalue weighted by atomic mass is 9.80. The van der Waals surface area contributed by atoms with E-state index in [1.807, 2.05) is 0 Å². The summed E-state index contributed by atoms with van der Waals surface area (Å²) in [5, 5.41) is 3.79. The van der Waals surface area contributed by atoms with E-state index in [0.717, 1.165) is 5.56 Å². The van der Waals surface area contributed by atoms with Crippen molar-refractivity contribution in [3.05, 3.63) is 34.9 Å². The number of halogens is 1. The van der Waals surface area contributed by atoms with Gasteiger partial charge >= 0.3 is 5.97 Å². The third-order valence-corrected chi connectivity index (χ3v) is 5.38. The summed E-state index contributed by atoms with van der Waals surface area (Å²) in [4.78, 5) is 39.5. The number of ether oxygens (including phenoxy) is 1. The van der Waals surface area contributed by atoms with Crippen LogP contribution in [0.4, 0.5) is 0 Å². The van der Waals surface area contributed by atoms with E-state index in [0.29, 0.717) is 5.02 Å². The van der Waals surface area contributed by atoms with Gasteiger partial charge in [0, 0.05) is 17.6 Å². The first kappa shape index (κ1) is 17.9. The number of imide groups is 1. The van der Waals surface area contributed by atoms with Crippen LogP contribution in [0.25, 0.3) is 0 Å². The molecule has 2 aliphatic heterocycles. The van der Waals surface area contributed by atoms with Crippen LogP contribution < -0.4 is 5.32 Å². The van der Waals surface area contributed by atoms with Crippen molar-refractivity contribution in [3.63, 3.8) is 0 Å². The Morgan fingerprint density at radius 2 is 1.88 bits per heavy atom. The molecule has 2 fully saturated rings. The van der Waals surface area contributed by atoms with Gasteiger partial charge in [-0.05, 0) is 38.5 Å². The van der Waals surface area contributed by atoms with Crippen LogP contribution in [0.5, 0.6) is 0 Å². The fourth-order valence-electron chi connectivity index (χ4n) is 3.94. The van der Waals surface area contributed by atoms with Crippen molar-refractivity contribution in [2.45, 2.75) is 32.4 Å². The summed E-state index contributed by atoms with van der Waals surface area (Å²) in [7, 11) is 0. The lowest BCUT2D eigenvalue weighted by molar-refractivity contribution is -0.155. The van der Waals surface area contributed by atoms with Gasteiger partial charge in [0.1, 0.15) is 5.54 Å². The quantitative estimate of drug-likeness (QED) is 0.652. The summed E-state index contributed by atoms with van der Waals surface area (Å²) in [6.07, 6.45) is 0. The van der Waals surface area contributed by atoms with Crippen molar-refractivity contribution in [2.75, 3.05) is 13.2 Å². The van der Waals surface area contributed by atoms with Crippen LogP contribution in [0.15, 0.2) is 24.3 Å². The first-order valence-corrected chi connectivity index (χ1v) is 8.78. The van der Waals surface area contributed by atoms with Crippen molar-refractivity contribution >= 4 is 29.4 Å². The maximum Gasteiger partial charge on any atom is 0.326 e. The van der Waals surface area contributed by atoms with Gasteiger partial charge in [0.2, 0.25) is 11.8 Å². The summed E-state index contributed by atoms with van der Waals surface area (Å²) < 4.78 is 5.19. The standard InChI is InChI=1S/C18H21ClN2O4/c1-4-21-15(22)12-13(16(21)23)18(3,17(24)25-5-2)20-14(12)10-6-8-11(19)9-7-10/h6-9,12-14,20H,4-5H2,1-3H3/t12-,13-,14-,18+/m0/s1. The third-order valence-electron chi connectivity index (χ3n) is 5.12. The molecule has 7 heteroatoms. The topological polar surface area (TPSA) is 75.7 Å². The number of likely N-dealkylation sites (tertiary alicyclic amines) is 1. The van der Waals surface area contributed by atoms with E-state index in [9.17, 15) is 14.4 Å². The SMILES string of the molecule is CCOC(=O)[C@]1(C)N[C@@H](c2ccc(Cl)cc2)[C@H]2C(=O)N(CC)C(=O)[C@H]21. The van der Waals surface area contributed by atoms with Gasteiger partial charge in [-0.2, -0.15) is 0 Å². The molecule has 0 unspecified atom stereocenters. The number of rotatable bonds is 4. The number of nitrogens with one attached hydrogen (secondary N) is 1. The molecule has 0 saturated carbocycles. The fourth-order valence-corrected chi connectivity index (χ4v) is 4.06. The second-order valence-electron chi connectivity index (χ2n) is 6.52. The number of carbonyl (C=O) groups excluding carboxylic acids is 3. The Morgan fingerprint density at radius 1 is 1.24 bits per heavy atom. The van der Waals surface area contributed by atoms with Gasteiger partial charge in [0.05, 0.1) is 18.4 Å². The molecule has 0 aromatic heterocycles. The highest BCUT2D eigenvalue weighted by Gasteiger charge is 2.66. The molecule has 1 aromatic rings. The van der Waals surface area contributed by atoms with Crippen LogP contribution in [-0.2, 0) is 19.1 Å². The van der Waals surface area contributed by atoms with Crippen LogP contribution in [-0.4, -0.2) is 41.4 Å². The molecule has 2 amide bonds. The molecule has 0 bridgehead atoms. The maximum absolute atomic E-state index is 12.8.